The van der Waals surface area contributed by atoms with Crippen LogP contribution in [0.3, 0.4) is 0 Å². The summed E-state index contributed by atoms with van der Waals surface area (Å²) in [6.07, 6.45) is 4.08. The Hall–Kier alpha value is -2.12. The molecule has 0 unspecified atom stereocenters. The van der Waals surface area contributed by atoms with Crippen LogP contribution in [0.25, 0.3) is 0 Å². The van der Waals surface area contributed by atoms with E-state index >= 15 is 0 Å². The number of carbonyl (C=O) groups excluding carboxylic acids is 1. The van der Waals surface area contributed by atoms with E-state index in [4.69, 9.17) is 4.74 Å². The highest BCUT2D eigenvalue weighted by atomic mass is 16.6. The van der Waals surface area contributed by atoms with Crippen molar-refractivity contribution in [2.24, 2.45) is 0 Å². The second-order valence-electron chi connectivity index (χ2n) is 4.03. The van der Waals surface area contributed by atoms with Gasteiger partial charge in [-0.05, 0) is 6.42 Å². The molecule has 8 nitrogen and oxygen atoms in total. The Morgan fingerprint density at radius 2 is 2.21 bits per heavy atom. The van der Waals surface area contributed by atoms with Gasteiger partial charge in [0.15, 0.2) is 0 Å². The molecular weight excluding hydrogens is 252 g/mol. The zero-order valence-electron chi connectivity index (χ0n) is 11.1. The SMILES string of the molecule is CCCCCCNC(=O)c1[nH]nc(OC)c1[N+](=O)[O-]. The predicted molar refractivity (Wildman–Crippen MR) is 68.3 cm³/mol. The van der Waals surface area contributed by atoms with E-state index in [9.17, 15) is 14.9 Å². The standard InChI is InChI=1S/C11H18N4O4/c1-3-4-5-6-7-12-10(16)8-9(15(17)18)11(19-2)14-13-8/h3-7H2,1-2H3,(H,12,16)(H,13,14). The summed E-state index contributed by atoms with van der Waals surface area (Å²) in [6.45, 7) is 2.58. The van der Waals surface area contributed by atoms with E-state index < -0.39 is 16.5 Å². The molecule has 1 rings (SSSR count). The van der Waals surface area contributed by atoms with Crippen molar-refractivity contribution in [3.05, 3.63) is 15.8 Å². The molecule has 0 atom stereocenters. The number of aromatic amines is 1. The minimum absolute atomic E-state index is 0.183. The molecule has 0 aliphatic heterocycles. The van der Waals surface area contributed by atoms with Gasteiger partial charge in [-0.25, -0.2) is 0 Å². The Balaban J connectivity index is 2.62. The first-order valence-electron chi connectivity index (χ1n) is 6.16. The van der Waals surface area contributed by atoms with Crippen LogP contribution in [-0.4, -0.2) is 34.7 Å². The highest BCUT2D eigenvalue weighted by Gasteiger charge is 2.29. The van der Waals surface area contributed by atoms with Gasteiger partial charge >= 0.3 is 11.6 Å². The topological polar surface area (TPSA) is 110 Å². The molecule has 1 amide bonds. The number of amides is 1. The van der Waals surface area contributed by atoms with Crippen LogP contribution in [0.15, 0.2) is 0 Å². The fraction of sp³-hybridized carbons (Fsp3) is 0.636. The monoisotopic (exact) mass is 270 g/mol. The lowest BCUT2D eigenvalue weighted by Gasteiger charge is -2.02. The van der Waals surface area contributed by atoms with Gasteiger partial charge in [0.1, 0.15) is 0 Å². The zero-order valence-corrected chi connectivity index (χ0v) is 11.1. The molecule has 106 valence electrons. The minimum Gasteiger partial charge on any atom is -0.475 e. The number of nitrogens with zero attached hydrogens (tertiary/aromatic N) is 2. The summed E-state index contributed by atoms with van der Waals surface area (Å²) in [5.41, 5.74) is -0.620. The van der Waals surface area contributed by atoms with Crippen molar-refractivity contribution in [1.82, 2.24) is 15.5 Å². The maximum absolute atomic E-state index is 11.8. The lowest BCUT2D eigenvalue weighted by molar-refractivity contribution is -0.386. The third-order valence-corrected chi connectivity index (χ3v) is 2.63. The second kappa shape index (κ2) is 7.34. The van der Waals surface area contributed by atoms with E-state index in [2.05, 4.69) is 22.4 Å². The van der Waals surface area contributed by atoms with Crippen LogP contribution in [0, 0.1) is 10.1 Å². The van der Waals surface area contributed by atoms with E-state index in [1.54, 1.807) is 0 Å². The molecule has 0 aliphatic rings. The van der Waals surface area contributed by atoms with Gasteiger partial charge in [0, 0.05) is 6.54 Å². The Morgan fingerprint density at radius 3 is 2.79 bits per heavy atom. The van der Waals surface area contributed by atoms with Gasteiger partial charge < -0.3 is 10.1 Å². The van der Waals surface area contributed by atoms with Gasteiger partial charge in [-0.2, -0.15) is 0 Å². The van der Waals surface area contributed by atoms with E-state index in [-0.39, 0.29) is 11.6 Å². The van der Waals surface area contributed by atoms with E-state index in [0.29, 0.717) is 6.54 Å². The third-order valence-electron chi connectivity index (χ3n) is 2.63. The first kappa shape index (κ1) is 14.9. The molecule has 0 bridgehead atoms. The molecule has 1 heterocycles. The van der Waals surface area contributed by atoms with Crippen LogP contribution in [0.1, 0.15) is 43.1 Å². The average molecular weight is 270 g/mol. The van der Waals surface area contributed by atoms with Crippen molar-refractivity contribution in [1.29, 1.82) is 0 Å². The summed E-state index contributed by atoms with van der Waals surface area (Å²) in [4.78, 5) is 22.0. The molecule has 0 radical (unpaired) electrons. The summed E-state index contributed by atoms with van der Waals surface area (Å²) in [7, 11) is 1.26. The van der Waals surface area contributed by atoms with Gasteiger partial charge in [-0.3, -0.25) is 20.0 Å². The van der Waals surface area contributed by atoms with Crippen molar-refractivity contribution >= 4 is 11.6 Å². The fourth-order valence-corrected chi connectivity index (χ4v) is 1.63. The second-order valence-corrected chi connectivity index (χ2v) is 4.03. The van der Waals surface area contributed by atoms with Gasteiger partial charge in [-0.1, -0.05) is 26.2 Å². The Kier molecular flexibility index (Phi) is 5.77. The van der Waals surface area contributed by atoms with Crippen LogP contribution in [0.5, 0.6) is 5.88 Å². The number of nitrogens with one attached hydrogen (secondary N) is 2. The predicted octanol–water partition coefficient (Wildman–Crippen LogP) is 1.64. The molecule has 0 saturated heterocycles. The van der Waals surface area contributed by atoms with Crippen molar-refractivity contribution in [3.8, 4) is 5.88 Å². The molecule has 2 N–H and O–H groups in total. The summed E-state index contributed by atoms with van der Waals surface area (Å²) in [5, 5.41) is 19.4. The number of H-pyrrole nitrogens is 1. The van der Waals surface area contributed by atoms with Crippen molar-refractivity contribution in [2.75, 3.05) is 13.7 Å². The number of unbranched alkanes of at least 4 members (excludes halogenated alkanes) is 3. The quantitative estimate of drug-likeness (QED) is 0.424. The number of aromatic nitrogens is 2. The van der Waals surface area contributed by atoms with Crippen molar-refractivity contribution in [3.63, 3.8) is 0 Å². The number of ether oxygens (including phenoxy) is 1. The van der Waals surface area contributed by atoms with Gasteiger partial charge in [-0.15, -0.1) is 5.10 Å². The van der Waals surface area contributed by atoms with Gasteiger partial charge in [0.05, 0.1) is 12.0 Å². The fourth-order valence-electron chi connectivity index (χ4n) is 1.63. The molecule has 0 spiro atoms. The number of hydrogen-bond donors (Lipinski definition) is 2. The van der Waals surface area contributed by atoms with Crippen LogP contribution in [-0.2, 0) is 0 Å². The van der Waals surface area contributed by atoms with Crippen LogP contribution < -0.4 is 10.1 Å². The Bertz CT molecular complexity index is 444. The normalized spacial score (nSPS) is 10.2. The first-order valence-corrected chi connectivity index (χ1v) is 6.16. The average Bonchev–Trinajstić information content (AvgIpc) is 2.82. The van der Waals surface area contributed by atoms with Crippen LogP contribution in [0.4, 0.5) is 5.69 Å². The molecule has 0 aliphatic carbocycles. The third kappa shape index (κ3) is 3.94. The summed E-state index contributed by atoms with van der Waals surface area (Å²) in [6, 6.07) is 0. The van der Waals surface area contributed by atoms with E-state index in [0.717, 1.165) is 25.7 Å². The molecule has 0 fully saturated rings. The molecule has 19 heavy (non-hydrogen) atoms. The molecule has 0 saturated carbocycles. The van der Waals surface area contributed by atoms with Gasteiger partial charge in [0.2, 0.25) is 5.69 Å². The zero-order chi connectivity index (χ0) is 14.3. The maximum atomic E-state index is 11.8. The van der Waals surface area contributed by atoms with E-state index in [1.807, 2.05) is 0 Å². The van der Waals surface area contributed by atoms with E-state index in [1.165, 1.54) is 7.11 Å². The number of rotatable bonds is 8. The Labute approximate surface area is 110 Å². The minimum atomic E-state index is -0.686. The smallest absolute Gasteiger partial charge is 0.362 e. The van der Waals surface area contributed by atoms with Crippen LogP contribution in [0.2, 0.25) is 0 Å². The number of hydrogen-bond acceptors (Lipinski definition) is 5. The largest absolute Gasteiger partial charge is 0.475 e. The number of methoxy groups -OCH3 is 1. The van der Waals surface area contributed by atoms with Gasteiger partial charge in [0.25, 0.3) is 5.91 Å². The summed E-state index contributed by atoms with van der Waals surface area (Å²) < 4.78 is 4.73. The summed E-state index contributed by atoms with van der Waals surface area (Å²) >= 11 is 0. The Morgan fingerprint density at radius 1 is 1.47 bits per heavy atom. The maximum Gasteiger partial charge on any atom is 0.362 e. The molecule has 1 aromatic heterocycles. The van der Waals surface area contributed by atoms with Crippen molar-refractivity contribution < 1.29 is 14.5 Å². The number of carbonyl (C=O) groups is 1. The number of nitro groups is 1. The highest BCUT2D eigenvalue weighted by Crippen LogP contribution is 2.27. The summed E-state index contributed by atoms with van der Waals surface area (Å²) in [5.74, 6) is -0.736. The molecule has 1 aromatic rings. The highest BCUT2D eigenvalue weighted by molar-refractivity contribution is 5.97. The molecular formula is C11H18N4O4. The van der Waals surface area contributed by atoms with Crippen LogP contribution >= 0.6 is 0 Å². The first-order chi connectivity index (χ1) is 9.11. The lowest BCUT2D eigenvalue weighted by Crippen LogP contribution is -2.25. The molecule has 8 heteroatoms. The molecule has 0 aromatic carbocycles. The lowest BCUT2D eigenvalue weighted by atomic mass is 10.2. The van der Waals surface area contributed by atoms with Crippen molar-refractivity contribution in [2.45, 2.75) is 32.6 Å².